The van der Waals surface area contributed by atoms with Gasteiger partial charge in [0.1, 0.15) is 17.9 Å². The number of nitrogens with one attached hydrogen (secondary N) is 1. The average molecular weight is 403 g/mol. The van der Waals surface area contributed by atoms with Gasteiger partial charge in [-0.2, -0.15) is 5.26 Å². The molecule has 0 unspecified atom stereocenters. The third-order valence-corrected chi connectivity index (χ3v) is 5.55. The Balaban J connectivity index is 1.96. The summed E-state index contributed by atoms with van der Waals surface area (Å²) in [5.74, 6) is 7.09. The first-order valence-electron chi connectivity index (χ1n) is 8.91. The second-order valence-corrected chi connectivity index (χ2v) is 8.03. The second-order valence-electron chi connectivity index (χ2n) is 7.08. The van der Waals surface area contributed by atoms with Crippen LogP contribution in [-0.4, -0.2) is 32.1 Å². The Hall–Kier alpha value is -2.73. The van der Waals surface area contributed by atoms with E-state index in [2.05, 4.69) is 21.6 Å². The van der Waals surface area contributed by atoms with E-state index in [0.29, 0.717) is 11.0 Å². The quantitative estimate of drug-likeness (QED) is 0.514. The Morgan fingerprint density at radius 1 is 1.39 bits per heavy atom. The van der Waals surface area contributed by atoms with Gasteiger partial charge in [-0.3, -0.25) is 4.79 Å². The summed E-state index contributed by atoms with van der Waals surface area (Å²) in [6, 6.07) is 8.07. The highest BCUT2D eigenvalue weighted by molar-refractivity contribution is 7.99. The standard InChI is InChI=1S/C19H26N6O2S/c1-12(2)19(5,11-20)22-16(26)10-28-18-24-23-15(25(18)21)9-27-17-13(3)7-6-8-14(17)4/h6-8,12H,9-10,21H2,1-5H3,(H,22,26)/t19-/m0/s1. The molecule has 1 heterocycles. The highest BCUT2D eigenvalue weighted by Crippen LogP contribution is 2.24. The van der Waals surface area contributed by atoms with Gasteiger partial charge in [0.25, 0.3) is 0 Å². The number of para-hydroxylation sites is 1. The molecule has 1 aromatic heterocycles. The largest absolute Gasteiger partial charge is 0.485 e. The fraction of sp³-hybridized carbons (Fsp3) is 0.474. The summed E-state index contributed by atoms with van der Waals surface area (Å²) < 4.78 is 7.17. The Labute approximate surface area is 169 Å². The van der Waals surface area contributed by atoms with Crippen molar-refractivity contribution in [1.29, 1.82) is 5.26 Å². The number of rotatable bonds is 8. The van der Waals surface area contributed by atoms with E-state index in [1.165, 1.54) is 4.68 Å². The van der Waals surface area contributed by atoms with Crippen LogP contribution in [0, 0.1) is 31.1 Å². The number of nitrogens with zero attached hydrogens (tertiary/aromatic N) is 4. The van der Waals surface area contributed by atoms with Crippen molar-refractivity contribution in [2.75, 3.05) is 11.6 Å². The summed E-state index contributed by atoms with van der Waals surface area (Å²) in [6.45, 7) is 9.59. The first-order valence-corrected chi connectivity index (χ1v) is 9.90. The fourth-order valence-electron chi connectivity index (χ4n) is 2.42. The van der Waals surface area contributed by atoms with Crippen molar-refractivity contribution in [3.8, 4) is 11.8 Å². The van der Waals surface area contributed by atoms with Gasteiger partial charge in [0.05, 0.1) is 11.8 Å². The third kappa shape index (κ3) is 4.95. The number of hydrogen-bond acceptors (Lipinski definition) is 7. The van der Waals surface area contributed by atoms with Crippen LogP contribution in [0.2, 0.25) is 0 Å². The van der Waals surface area contributed by atoms with Crippen molar-refractivity contribution in [2.24, 2.45) is 5.92 Å². The lowest BCUT2D eigenvalue weighted by atomic mass is 9.90. The molecule has 3 N–H and O–H groups in total. The Bertz CT molecular complexity index is 869. The van der Waals surface area contributed by atoms with Crippen LogP contribution in [0.5, 0.6) is 5.75 Å². The molecule has 1 aromatic carbocycles. The molecule has 1 atom stereocenters. The van der Waals surface area contributed by atoms with Gasteiger partial charge in [-0.25, -0.2) is 4.68 Å². The van der Waals surface area contributed by atoms with E-state index in [9.17, 15) is 10.1 Å². The predicted molar refractivity (Wildman–Crippen MR) is 108 cm³/mol. The molecule has 0 aliphatic heterocycles. The number of thioether (sulfide) groups is 1. The summed E-state index contributed by atoms with van der Waals surface area (Å²) >= 11 is 1.15. The molecule has 1 amide bonds. The maximum absolute atomic E-state index is 12.2. The lowest BCUT2D eigenvalue weighted by Crippen LogP contribution is -2.49. The number of nitrogen functional groups attached to an aromatic ring is 1. The van der Waals surface area contributed by atoms with Crippen LogP contribution in [0.25, 0.3) is 0 Å². The minimum absolute atomic E-state index is 0.0155. The Kier molecular flexibility index (Phi) is 6.91. The number of benzene rings is 1. The maximum Gasteiger partial charge on any atom is 0.231 e. The van der Waals surface area contributed by atoms with Crippen molar-refractivity contribution in [3.05, 3.63) is 35.2 Å². The zero-order valence-corrected chi connectivity index (χ0v) is 17.6. The normalized spacial score (nSPS) is 13.0. The third-order valence-electron chi connectivity index (χ3n) is 4.61. The van der Waals surface area contributed by atoms with Crippen molar-refractivity contribution >= 4 is 17.7 Å². The number of aryl methyl sites for hydroxylation is 2. The van der Waals surface area contributed by atoms with Crippen molar-refractivity contribution < 1.29 is 9.53 Å². The highest BCUT2D eigenvalue weighted by Gasteiger charge is 2.30. The van der Waals surface area contributed by atoms with Crippen molar-refractivity contribution in [2.45, 2.75) is 51.9 Å². The molecule has 28 heavy (non-hydrogen) atoms. The van der Waals surface area contributed by atoms with Gasteiger partial charge in [-0.15, -0.1) is 10.2 Å². The molecule has 0 aliphatic carbocycles. The molecule has 0 saturated heterocycles. The number of amides is 1. The van der Waals surface area contributed by atoms with Crippen molar-refractivity contribution in [1.82, 2.24) is 20.2 Å². The lowest BCUT2D eigenvalue weighted by Gasteiger charge is -2.27. The van der Waals surface area contributed by atoms with E-state index in [4.69, 9.17) is 10.6 Å². The number of carbonyl (C=O) groups excluding carboxylic acids is 1. The number of carbonyl (C=O) groups is 1. The first-order chi connectivity index (χ1) is 13.2. The molecule has 0 aliphatic rings. The van der Waals surface area contributed by atoms with Crippen LogP contribution in [0.4, 0.5) is 0 Å². The zero-order chi connectivity index (χ0) is 20.9. The molecule has 150 valence electrons. The molecule has 0 spiro atoms. The second kappa shape index (κ2) is 8.97. The number of nitrogens with two attached hydrogens (primary N) is 1. The van der Waals surface area contributed by atoms with Crippen molar-refractivity contribution in [3.63, 3.8) is 0 Å². The summed E-state index contributed by atoms with van der Waals surface area (Å²) in [5, 5.41) is 20.5. The average Bonchev–Trinajstić information content (AvgIpc) is 2.99. The van der Waals surface area contributed by atoms with Gasteiger partial charge in [0.2, 0.25) is 11.1 Å². The van der Waals surface area contributed by atoms with Crippen LogP contribution in [0.1, 0.15) is 37.7 Å². The van der Waals surface area contributed by atoms with E-state index < -0.39 is 5.54 Å². The number of aromatic nitrogens is 3. The van der Waals surface area contributed by atoms with E-state index in [1.54, 1.807) is 6.92 Å². The number of hydrogen-bond donors (Lipinski definition) is 2. The van der Waals surface area contributed by atoms with E-state index in [-0.39, 0.29) is 24.2 Å². The fourth-order valence-corrected chi connectivity index (χ4v) is 3.10. The Morgan fingerprint density at radius 2 is 2.04 bits per heavy atom. The number of nitriles is 1. The highest BCUT2D eigenvalue weighted by atomic mass is 32.2. The van der Waals surface area contributed by atoms with Crippen LogP contribution >= 0.6 is 11.8 Å². The van der Waals surface area contributed by atoms with Gasteiger partial charge in [0.15, 0.2) is 5.82 Å². The molecule has 8 nitrogen and oxygen atoms in total. The minimum Gasteiger partial charge on any atom is -0.485 e. The first kappa shape index (κ1) is 21.6. The molecule has 0 saturated carbocycles. The molecule has 2 rings (SSSR count). The van der Waals surface area contributed by atoms with Gasteiger partial charge in [0, 0.05) is 0 Å². The molecular formula is C19H26N6O2S. The lowest BCUT2D eigenvalue weighted by molar-refractivity contribution is -0.120. The van der Waals surface area contributed by atoms with Gasteiger partial charge in [-0.1, -0.05) is 43.8 Å². The van der Waals surface area contributed by atoms with E-state index >= 15 is 0 Å². The molecule has 0 fully saturated rings. The smallest absolute Gasteiger partial charge is 0.231 e. The van der Waals surface area contributed by atoms with E-state index in [0.717, 1.165) is 28.6 Å². The molecule has 2 aromatic rings. The number of ether oxygens (including phenoxy) is 1. The summed E-state index contributed by atoms with van der Waals surface area (Å²) in [4.78, 5) is 12.2. The summed E-state index contributed by atoms with van der Waals surface area (Å²) in [5.41, 5.74) is 1.14. The molecule has 0 bridgehead atoms. The molecular weight excluding hydrogens is 376 g/mol. The monoisotopic (exact) mass is 402 g/mol. The van der Waals surface area contributed by atoms with Crippen LogP contribution < -0.4 is 15.9 Å². The SMILES string of the molecule is Cc1cccc(C)c1OCc1nnc(SCC(=O)N[C@@](C)(C#N)C(C)C)n1N. The minimum atomic E-state index is -0.918. The van der Waals surface area contributed by atoms with Gasteiger partial charge < -0.3 is 15.9 Å². The van der Waals surface area contributed by atoms with Crippen LogP contribution in [0.3, 0.4) is 0 Å². The predicted octanol–water partition coefficient (Wildman–Crippen LogP) is 2.33. The van der Waals surface area contributed by atoms with E-state index in [1.807, 2.05) is 45.9 Å². The maximum atomic E-state index is 12.2. The van der Waals surface area contributed by atoms with Gasteiger partial charge >= 0.3 is 0 Å². The molecule has 0 radical (unpaired) electrons. The molecule has 9 heteroatoms. The van der Waals surface area contributed by atoms with Crippen LogP contribution in [0.15, 0.2) is 23.4 Å². The summed E-state index contributed by atoms with van der Waals surface area (Å²) in [6.07, 6.45) is 0. The Morgan fingerprint density at radius 3 is 2.61 bits per heavy atom. The summed E-state index contributed by atoms with van der Waals surface area (Å²) in [7, 11) is 0. The topological polar surface area (TPSA) is 119 Å². The van der Waals surface area contributed by atoms with Crippen LogP contribution in [-0.2, 0) is 11.4 Å². The van der Waals surface area contributed by atoms with Gasteiger partial charge in [-0.05, 0) is 37.8 Å². The zero-order valence-electron chi connectivity index (χ0n) is 16.8.